The fourth-order valence-electron chi connectivity index (χ4n) is 15.8. The SMILES string of the molecule is Cc1cc2ccccc2c2ccccc12.Cc1ccc2c(ccc3ccccc32)c1.Cc1ccc2ccc3ccccc3c2c1.Cc1ccc2ccccc2c1.Cc1cccc2c1ccc1ccccc12.Cc1cccc2cc3ccccc3cc12.Cc1cccc2ccc3ccccc3c12.Cc1cccc2ccccc12. The van der Waals surface area contributed by atoms with Crippen LogP contribution in [-0.2, 0) is 0 Å². The van der Waals surface area contributed by atoms with Crippen LogP contribution in [0.5, 0.6) is 0 Å². The number of rotatable bonds is 0. The minimum Gasteiger partial charge on any atom is -0.0616 e. The van der Waals surface area contributed by atoms with Crippen LogP contribution in [0.15, 0.2) is 413 Å². The Hall–Kier alpha value is -13.5. The number of hydrogen-bond donors (Lipinski definition) is 0. The average Bonchev–Trinajstić information content (AvgIpc) is 0.810. The molecule has 540 valence electrons. The van der Waals surface area contributed by atoms with Crippen molar-refractivity contribution in [3.8, 4) is 0 Å². The molecule has 0 spiro atoms. The molecule has 0 aromatic heterocycles. The molecule has 0 aliphatic heterocycles. The molecular formula is C112H92. The van der Waals surface area contributed by atoms with Crippen LogP contribution in [0, 0.1) is 55.4 Å². The number of benzene rings is 22. The second-order valence-electron chi connectivity index (χ2n) is 29.5. The standard InChI is InChI=1S/6C15H12.2C11H10/c1-11-5-4-7-13-10-9-12-6-2-3-8-14(12)15(11)13;1-11-10-12-6-2-3-8-14(12)15-9-5-4-7-13(11)15;1-11-5-4-8-14-9-12-6-2-3-7-13(12)10-15(11)14;1-11-5-4-8-15-13(11)10-9-12-6-2-3-7-14(12)15;1-11-6-9-15-13(10-11)8-7-12-4-2-3-5-14(12)15;1-11-6-7-13-9-8-12-4-2-3-5-14(12)15(13)10-11;1-9-5-4-7-10-6-2-3-8-11(9)10;1-9-6-7-10-4-2-3-5-11(10)8-9/h6*2-10H,1H3;2*2-8H,1H3. The molecular weight excluding hydrogens is 1350 g/mol. The van der Waals surface area contributed by atoms with Crippen LogP contribution in [0.2, 0.25) is 0 Å². The zero-order chi connectivity index (χ0) is 76.9. The third-order valence-corrected chi connectivity index (χ3v) is 21.6. The second kappa shape index (κ2) is 34.4. The van der Waals surface area contributed by atoms with Gasteiger partial charge in [0.1, 0.15) is 0 Å². The quantitative estimate of drug-likeness (QED) is 0.105. The lowest BCUT2D eigenvalue weighted by atomic mass is 9.98. The van der Waals surface area contributed by atoms with E-state index in [0.717, 1.165) is 0 Å². The summed E-state index contributed by atoms with van der Waals surface area (Å²) in [6, 6.07) is 147. The molecule has 0 fully saturated rings. The summed E-state index contributed by atoms with van der Waals surface area (Å²) in [7, 11) is 0. The summed E-state index contributed by atoms with van der Waals surface area (Å²) in [5.74, 6) is 0. The van der Waals surface area contributed by atoms with Gasteiger partial charge in [0.05, 0.1) is 0 Å². The molecule has 0 unspecified atom stereocenters. The van der Waals surface area contributed by atoms with Crippen molar-refractivity contribution in [2.45, 2.75) is 55.4 Å². The molecule has 112 heavy (non-hydrogen) atoms. The van der Waals surface area contributed by atoms with Crippen LogP contribution >= 0.6 is 0 Å². The Balaban J connectivity index is 0.000000102. The molecule has 22 rings (SSSR count). The molecule has 22 aromatic carbocycles. The maximum atomic E-state index is 2.28. The largest absolute Gasteiger partial charge is 0.0616 e. The Labute approximate surface area is 658 Å². The number of aryl methyl sites for hydroxylation is 8. The molecule has 0 heterocycles. The summed E-state index contributed by atoms with van der Waals surface area (Å²) in [5.41, 5.74) is 10.7. The van der Waals surface area contributed by atoms with Crippen molar-refractivity contribution in [3.63, 3.8) is 0 Å². The van der Waals surface area contributed by atoms with Crippen LogP contribution in [-0.4, -0.2) is 0 Å². The van der Waals surface area contributed by atoms with Crippen molar-refractivity contribution in [1.29, 1.82) is 0 Å². The third kappa shape index (κ3) is 16.8. The average molecular weight is 1440 g/mol. The molecule has 0 saturated carbocycles. The Kier molecular flexibility index (Phi) is 22.7. The predicted octanol–water partition coefficient (Wildman–Crippen LogP) is 32.1. The molecule has 0 aliphatic rings. The topological polar surface area (TPSA) is 0 Å². The molecule has 0 nitrogen and oxygen atoms in total. The van der Waals surface area contributed by atoms with Crippen LogP contribution in [0.4, 0.5) is 0 Å². The van der Waals surface area contributed by atoms with Crippen LogP contribution in [0.3, 0.4) is 0 Å². The van der Waals surface area contributed by atoms with Crippen molar-refractivity contribution < 1.29 is 0 Å². The van der Waals surface area contributed by atoms with E-state index in [1.807, 2.05) is 0 Å². The normalized spacial score (nSPS) is 10.9. The molecule has 22 aromatic rings. The van der Waals surface area contributed by atoms with E-state index in [1.54, 1.807) is 0 Å². The van der Waals surface area contributed by atoms with Gasteiger partial charge in [-0.3, -0.25) is 0 Å². The molecule has 0 N–H and O–H groups in total. The fraction of sp³-hybridized carbons (Fsp3) is 0.0714. The van der Waals surface area contributed by atoms with Gasteiger partial charge in [0.25, 0.3) is 0 Å². The smallest absolute Gasteiger partial charge is 0.00761 e. The number of fused-ring (bicyclic) bond motifs is 19. The molecule has 0 bridgehead atoms. The van der Waals surface area contributed by atoms with Gasteiger partial charge in [-0.05, 0) is 246 Å². The minimum atomic E-state index is 1.31. The first-order chi connectivity index (χ1) is 54.8. The summed E-state index contributed by atoms with van der Waals surface area (Å²) >= 11 is 0. The first-order valence-electron chi connectivity index (χ1n) is 39.0. The van der Waals surface area contributed by atoms with Gasteiger partial charge in [0.15, 0.2) is 0 Å². The van der Waals surface area contributed by atoms with E-state index in [9.17, 15) is 0 Å². The van der Waals surface area contributed by atoms with E-state index in [1.165, 1.54) is 195 Å². The van der Waals surface area contributed by atoms with Crippen LogP contribution in [0.1, 0.15) is 44.5 Å². The molecule has 0 saturated heterocycles. The lowest BCUT2D eigenvalue weighted by Crippen LogP contribution is -1.81. The second-order valence-corrected chi connectivity index (χ2v) is 29.5. The molecule has 0 amide bonds. The molecule has 0 atom stereocenters. The summed E-state index contributed by atoms with van der Waals surface area (Å²) in [6.45, 7) is 17.2. The van der Waals surface area contributed by atoms with Gasteiger partial charge in [-0.25, -0.2) is 0 Å². The summed E-state index contributed by atoms with van der Waals surface area (Å²) in [6.07, 6.45) is 0. The van der Waals surface area contributed by atoms with Gasteiger partial charge < -0.3 is 0 Å². The van der Waals surface area contributed by atoms with Crippen molar-refractivity contribution in [1.82, 2.24) is 0 Å². The molecule has 0 heteroatoms. The van der Waals surface area contributed by atoms with Crippen LogP contribution < -0.4 is 0 Å². The van der Waals surface area contributed by atoms with E-state index < -0.39 is 0 Å². The van der Waals surface area contributed by atoms with E-state index in [4.69, 9.17) is 0 Å². The molecule has 0 radical (unpaired) electrons. The highest BCUT2D eigenvalue weighted by Gasteiger charge is 2.07. The Morgan fingerprint density at radius 1 is 0.107 bits per heavy atom. The fourth-order valence-corrected chi connectivity index (χ4v) is 15.8. The minimum absolute atomic E-state index is 1.31. The van der Waals surface area contributed by atoms with Gasteiger partial charge in [-0.1, -0.05) is 417 Å². The van der Waals surface area contributed by atoms with Gasteiger partial charge >= 0.3 is 0 Å². The Morgan fingerprint density at radius 2 is 0.375 bits per heavy atom. The maximum Gasteiger partial charge on any atom is -0.00761 e. The Bertz CT molecular complexity index is 6980. The van der Waals surface area contributed by atoms with E-state index >= 15 is 0 Å². The summed E-state index contributed by atoms with van der Waals surface area (Å²) in [5, 5.41) is 37.5. The van der Waals surface area contributed by atoms with Gasteiger partial charge in [-0.2, -0.15) is 0 Å². The summed E-state index contributed by atoms with van der Waals surface area (Å²) in [4.78, 5) is 0. The first kappa shape index (κ1) is 74.0. The third-order valence-electron chi connectivity index (χ3n) is 21.6. The monoisotopic (exact) mass is 1440 g/mol. The zero-order valence-electron chi connectivity index (χ0n) is 65.3. The lowest BCUT2D eigenvalue weighted by molar-refractivity contribution is 1.51. The van der Waals surface area contributed by atoms with Crippen LogP contribution in [0.25, 0.3) is 151 Å². The highest BCUT2D eigenvalue weighted by atomic mass is 14.1. The first-order valence-corrected chi connectivity index (χ1v) is 39.0. The van der Waals surface area contributed by atoms with Crippen molar-refractivity contribution >= 4 is 151 Å². The predicted molar refractivity (Wildman–Crippen MR) is 495 cm³/mol. The van der Waals surface area contributed by atoms with E-state index in [-0.39, 0.29) is 0 Å². The zero-order valence-corrected chi connectivity index (χ0v) is 65.3. The van der Waals surface area contributed by atoms with Crippen molar-refractivity contribution in [2.24, 2.45) is 0 Å². The van der Waals surface area contributed by atoms with Crippen molar-refractivity contribution in [3.05, 3.63) is 457 Å². The Morgan fingerprint density at radius 3 is 0.964 bits per heavy atom. The summed E-state index contributed by atoms with van der Waals surface area (Å²) < 4.78 is 0. The highest BCUT2D eigenvalue weighted by Crippen LogP contribution is 2.33. The van der Waals surface area contributed by atoms with Crippen molar-refractivity contribution in [2.75, 3.05) is 0 Å². The highest BCUT2D eigenvalue weighted by molar-refractivity contribution is 6.12. The lowest BCUT2D eigenvalue weighted by Gasteiger charge is -2.06. The van der Waals surface area contributed by atoms with Gasteiger partial charge in [0.2, 0.25) is 0 Å². The number of hydrogen-bond acceptors (Lipinski definition) is 0. The van der Waals surface area contributed by atoms with Gasteiger partial charge in [-0.15, -0.1) is 0 Å². The van der Waals surface area contributed by atoms with E-state index in [2.05, 4.69) is 468 Å². The van der Waals surface area contributed by atoms with E-state index in [0.29, 0.717) is 0 Å². The maximum absolute atomic E-state index is 2.28. The van der Waals surface area contributed by atoms with Gasteiger partial charge in [0, 0.05) is 0 Å². The molecule has 0 aliphatic carbocycles.